The van der Waals surface area contributed by atoms with E-state index in [4.69, 9.17) is 5.73 Å². The Balaban J connectivity index is 1.65. The summed E-state index contributed by atoms with van der Waals surface area (Å²) in [5.41, 5.74) is 1.51. The van der Waals surface area contributed by atoms with Crippen molar-refractivity contribution in [3.05, 3.63) is 53.1 Å². The Kier molecular flexibility index (Phi) is 6.22. The Bertz CT molecular complexity index is 1210. The molecule has 1 amide bonds. The highest BCUT2D eigenvalue weighted by molar-refractivity contribution is 8.26. The number of aliphatic imine (C=N–C) groups is 1. The number of anilines is 1. The van der Waals surface area contributed by atoms with Gasteiger partial charge in [0.1, 0.15) is 33.4 Å². The minimum Gasteiger partial charge on any atom is -0.433 e. The van der Waals surface area contributed by atoms with Crippen LogP contribution in [-0.4, -0.2) is 42.7 Å². The summed E-state index contributed by atoms with van der Waals surface area (Å²) in [7, 11) is -3.94. The van der Waals surface area contributed by atoms with Gasteiger partial charge in [-0.3, -0.25) is 18.9 Å². The minimum atomic E-state index is -3.94. The first kappa shape index (κ1) is 25.2. The third-order valence-corrected chi connectivity index (χ3v) is 9.35. The van der Waals surface area contributed by atoms with E-state index >= 15 is 4.39 Å². The van der Waals surface area contributed by atoms with Crippen LogP contribution in [0.4, 0.5) is 23.2 Å². The molecular weight excluding hydrogens is 492 g/mol. The first-order valence-corrected chi connectivity index (χ1v) is 12.2. The molecule has 2 atom stereocenters. The molecule has 1 aliphatic heterocycles. The van der Waals surface area contributed by atoms with Gasteiger partial charge >= 0.3 is 6.61 Å². The lowest BCUT2D eigenvalue weighted by atomic mass is 9.82. The number of amidine groups is 1. The summed E-state index contributed by atoms with van der Waals surface area (Å²) in [6.07, 6.45) is 2.13. The lowest BCUT2D eigenvalue weighted by Crippen LogP contribution is -2.61. The predicted molar refractivity (Wildman–Crippen MR) is 123 cm³/mol. The van der Waals surface area contributed by atoms with Crippen LogP contribution in [0.15, 0.2) is 35.5 Å². The summed E-state index contributed by atoms with van der Waals surface area (Å²) in [5, 5.41) is 2.49. The largest absolute Gasteiger partial charge is 0.433 e. The van der Waals surface area contributed by atoms with Crippen molar-refractivity contribution in [2.75, 3.05) is 5.32 Å². The molecule has 0 saturated heterocycles. The molecule has 1 spiro atoms. The number of alkyl halides is 3. The van der Waals surface area contributed by atoms with Gasteiger partial charge in [-0.15, -0.1) is 10.6 Å². The lowest BCUT2D eigenvalue weighted by Gasteiger charge is -2.61. The van der Waals surface area contributed by atoms with Crippen LogP contribution >= 0.6 is 10.6 Å². The zero-order valence-electron chi connectivity index (χ0n) is 18.8. The molecule has 2 aliphatic rings. The van der Waals surface area contributed by atoms with Crippen LogP contribution in [0.2, 0.25) is 0 Å². The highest BCUT2D eigenvalue weighted by atomic mass is 32.3. The second-order valence-electron chi connectivity index (χ2n) is 8.77. The van der Waals surface area contributed by atoms with E-state index in [1.807, 2.05) is 0 Å². The van der Waals surface area contributed by atoms with E-state index < -0.39 is 44.7 Å². The molecule has 190 valence electrons. The maximum Gasteiger partial charge on any atom is 0.387 e. The number of aromatic nitrogens is 1. The average molecular weight is 517 g/mol. The molecule has 0 radical (unpaired) electrons. The van der Waals surface area contributed by atoms with Crippen molar-refractivity contribution in [2.24, 2.45) is 10.7 Å². The van der Waals surface area contributed by atoms with Gasteiger partial charge in [-0.05, 0) is 62.9 Å². The zero-order valence-corrected chi connectivity index (χ0v) is 19.6. The van der Waals surface area contributed by atoms with Gasteiger partial charge in [-0.2, -0.15) is 8.78 Å². The van der Waals surface area contributed by atoms with Crippen molar-refractivity contribution < 1.29 is 36.2 Å². The molecule has 2 aromatic rings. The summed E-state index contributed by atoms with van der Waals surface area (Å²) < 4.78 is 79.8. The fourth-order valence-electron chi connectivity index (χ4n) is 4.45. The van der Waals surface area contributed by atoms with Crippen molar-refractivity contribution in [3.63, 3.8) is 0 Å². The normalized spacial score (nSPS) is 25.5. The number of hydrogen-bond acceptors (Lipinski definition) is 7. The van der Waals surface area contributed by atoms with Crippen LogP contribution in [0, 0.1) is 12.7 Å². The van der Waals surface area contributed by atoms with Gasteiger partial charge in [0.05, 0.1) is 6.20 Å². The number of ether oxygens (including phenoxy) is 1. The van der Waals surface area contributed by atoms with Gasteiger partial charge in [0.2, 0.25) is 5.50 Å². The number of benzene rings is 1. The van der Waals surface area contributed by atoms with E-state index in [0.717, 1.165) is 18.3 Å². The summed E-state index contributed by atoms with van der Waals surface area (Å²) in [4.78, 5) is 20.8. The van der Waals surface area contributed by atoms with E-state index in [0.29, 0.717) is 6.42 Å². The second kappa shape index (κ2) is 8.64. The maximum absolute atomic E-state index is 15.7. The van der Waals surface area contributed by atoms with E-state index in [-0.39, 0.29) is 46.9 Å². The number of nitrogens with one attached hydrogen (secondary N) is 1. The highest BCUT2D eigenvalue weighted by Crippen LogP contribution is 2.70. The Labute approximate surface area is 199 Å². The molecule has 0 bridgehead atoms. The standard InChI is InChI=1S/C22H24F4N4O4S/c1-11-8-13(34-20(25)26)10-28-16(11)17(31)29-12-4-5-15(23)14(9-12)21(2)18(24)35(32,33)22(6-3-7-22)19(27)30-21/h4-5,8-10,18,20,32-33H,3,6-7H2,1-2H3,(H2,27,30)(H,29,31)/t18?,21-/m1/s1. The zero-order chi connectivity index (χ0) is 25.8. The number of halogens is 4. The quantitative estimate of drug-likeness (QED) is 0.417. The number of amides is 1. The molecule has 8 nitrogen and oxygen atoms in total. The van der Waals surface area contributed by atoms with Crippen molar-refractivity contribution in [2.45, 2.75) is 55.5 Å². The lowest BCUT2D eigenvalue weighted by molar-refractivity contribution is -0.0501. The first-order chi connectivity index (χ1) is 16.3. The monoisotopic (exact) mass is 516 g/mol. The number of carbonyl (C=O) groups excluding carboxylic acids is 1. The predicted octanol–water partition coefficient (Wildman–Crippen LogP) is 4.94. The Hall–Kier alpha value is -2.90. The van der Waals surface area contributed by atoms with Gasteiger partial charge in [0, 0.05) is 11.3 Å². The third kappa shape index (κ3) is 4.00. The van der Waals surface area contributed by atoms with Crippen LogP contribution in [0.25, 0.3) is 0 Å². The van der Waals surface area contributed by atoms with Gasteiger partial charge in [0.15, 0.2) is 0 Å². The van der Waals surface area contributed by atoms with Crippen LogP contribution in [0.1, 0.15) is 47.8 Å². The first-order valence-electron chi connectivity index (χ1n) is 10.6. The summed E-state index contributed by atoms with van der Waals surface area (Å²) in [6.45, 7) is -0.378. The van der Waals surface area contributed by atoms with Crippen LogP contribution in [-0.2, 0) is 5.54 Å². The van der Waals surface area contributed by atoms with Gasteiger partial charge in [-0.1, -0.05) is 0 Å². The highest BCUT2D eigenvalue weighted by Gasteiger charge is 2.63. The minimum absolute atomic E-state index is 0.0445. The number of hydrogen-bond donors (Lipinski definition) is 4. The van der Waals surface area contributed by atoms with E-state index in [2.05, 4.69) is 20.0 Å². The Morgan fingerprint density at radius 1 is 1.31 bits per heavy atom. The summed E-state index contributed by atoms with van der Waals surface area (Å²) in [6, 6.07) is 4.54. The number of nitrogens with zero attached hydrogens (tertiary/aromatic N) is 2. The summed E-state index contributed by atoms with van der Waals surface area (Å²) in [5.74, 6) is -1.99. The Morgan fingerprint density at radius 3 is 2.57 bits per heavy atom. The molecule has 1 aliphatic carbocycles. The topological polar surface area (TPSA) is 130 Å². The SMILES string of the molecule is Cc1cc(OC(F)F)cnc1C(=O)Nc1ccc(F)c([C@@]2(C)N=C(N)C3(CCC3)S(O)(O)C2F)c1. The van der Waals surface area contributed by atoms with Gasteiger partial charge in [-0.25, -0.2) is 13.8 Å². The molecule has 5 N–H and O–H groups in total. The smallest absolute Gasteiger partial charge is 0.387 e. The van der Waals surface area contributed by atoms with Crippen molar-refractivity contribution >= 4 is 28.0 Å². The van der Waals surface area contributed by atoms with Crippen LogP contribution in [0.3, 0.4) is 0 Å². The fraction of sp³-hybridized carbons (Fsp3) is 0.409. The Morgan fingerprint density at radius 2 is 2.00 bits per heavy atom. The molecule has 13 heteroatoms. The molecule has 1 aromatic carbocycles. The molecular formula is C22H24F4N4O4S. The van der Waals surface area contributed by atoms with E-state index in [1.165, 1.54) is 26.0 Å². The third-order valence-electron chi connectivity index (χ3n) is 6.55. The number of rotatable bonds is 5. The number of aryl methyl sites for hydroxylation is 1. The summed E-state index contributed by atoms with van der Waals surface area (Å²) >= 11 is 0. The molecule has 1 saturated carbocycles. The molecule has 1 fully saturated rings. The molecule has 2 heterocycles. The van der Waals surface area contributed by atoms with Gasteiger partial charge < -0.3 is 15.8 Å². The van der Waals surface area contributed by atoms with E-state index in [9.17, 15) is 27.1 Å². The number of pyridine rings is 1. The molecule has 1 unspecified atom stereocenters. The van der Waals surface area contributed by atoms with Gasteiger partial charge in [0.25, 0.3) is 5.91 Å². The molecule has 1 aromatic heterocycles. The molecule has 35 heavy (non-hydrogen) atoms. The molecule has 4 rings (SSSR count). The number of carbonyl (C=O) groups is 1. The average Bonchev–Trinajstić information content (AvgIpc) is 2.72. The fourth-order valence-corrected chi connectivity index (χ4v) is 6.91. The van der Waals surface area contributed by atoms with Crippen molar-refractivity contribution in [3.8, 4) is 5.75 Å². The number of nitrogens with two attached hydrogens (primary N) is 1. The van der Waals surface area contributed by atoms with Crippen molar-refractivity contribution in [1.29, 1.82) is 0 Å². The van der Waals surface area contributed by atoms with E-state index in [1.54, 1.807) is 0 Å². The maximum atomic E-state index is 15.7. The van der Waals surface area contributed by atoms with Crippen LogP contribution < -0.4 is 15.8 Å². The second-order valence-corrected chi connectivity index (χ2v) is 11.1. The van der Waals surface area contributed by atoms with Crippen LogP contribution in [0.5, 0.6) is 5.75 Å². The van der Waals surface area contributed by atoms with Crippen molar-refractivity contribution in [1.82, 2.24) is 4.98 Å².